The van der Waals surface area contributed by atoms with E-state index in [1.54, 1.807) is 0 Å². The van der Waals surface area contributed by atoms with Gasteiger partial charge >= 0.3 is 0 Å². The minimum absolute atomic E-state index is 0.0376. The van der Waals surface area contributed by atoms with Gasteiger partial charge in [-0.3, -0.25) is 0 Å². The molecular formula is C13H19N3. The minimum atomic E-state index is 0.0376. The Kier molecular flexibility index (Phi) is 7.92. The molecule has 0 amide bonds. The second-order valence-corrected chi connectivity index (χ2v) is 4.22. The first-order chi connectivity index (χ1) is 7.74. The van der Waals surface area contributed by atoms with E-state index in [2.05, 4.69) is 25.1 Å². The molecule has 0 bridgehead atoms. The molecule has 0 heterocycles. The van der Waals surface area contributed by atoms with Crippen molar-refractivity contribution in [2.24, 2.45) is 5.41 Å². The molecule has 0 aliphatic carbocycles. The average molecular weight is 217 g/mol. The summed E-state index contributed by atoms with van der Waals surface area (Å²) >= 11 is 0. The van der Waals surface area contributed by atoms with Gasteiger partial charge in [0.15, 0.2) is 0 Å². The van der Waals surface area contributed by atoms with Crippen LogP contribution in [0.1, 0.15) is 58.3 Å². The average Bonchev–Trinajstić information content (AvgIpc) is 2.31. The highest BCUT2D eigenvalue weighted by Gasteiger charge is 2.27. The van der Waals surface area contributed by atoms with Gasteiger partial charge in [-0.2, -0.15) is 15.8 Å². The zero-order chi connectivity index (χ0) is 12.3. The highest BCUT2D eigenvalue weighted by Crippen LogP contribution is 2.39. The maximum Gasteiger partial charge on any atom is 0.0621 e. The zero-order valence-corrected chi connectivity index (χ0v) is 10.00. The summed E-state index contributed by atoms with van der Waals surface area (Å²) in [4.78, 5) is 0. The Labute approximate surface area is 98.3 Å². The van der Waals surface area contributed by atoms with Crippen molar-refractivity contribution in [3.63, 3.8) is 0 Å². The molecule has 0 radical (unpaired) electrons. The van der Waals surface area contributed by atoms with Gasteiger partial charge in [-0.25, -0.2) is 0 Å². The monoisotopic (exact) mass is 217 g/mol. The van der Waals surface area contributed by atoms with Crippen molar-refractivity contribution in [2.75, 3.05) is 0 Å². The molecule has 3 nitrogen and oxygen atoms in total. The maximum atomic E-state index is 8.67. The summed E-state index contributed by atoms with van der Waals surface area (Å²) in [6.07, 6.45) is 6.09. The lowest BCUT2D eigenvalue weighted by Gasteiger charge is -2.32. The number of hydrogen-bond donors (Lipinski definition) is 0. The van der Waals surface area contributed by atoms with Crippen LogP contribution in [0.3, 0.4) is 0 Å². The molecule has 0 saturated heterocycles. The van der Waals surface area contributed by atoms with Gasteiger partial charge in [-0.15, -0.1) is 0 Å². The Hall–Kier alpha value is -1.53. The molecule has 0 unspecified atom stereocenters. The molecule has 3 heteroatoms. The van der Waals surface area contributed by atoms with E-state index in [0.717, 1.165) is 32.1 Å². The molecule has 0 aliphatic rings. The van der Waals surface area contributed by atoms with Crippen molar-refractivity contribution in [1.29, 1.82) is 15.8 Å². The Morgan fingerprint density at radius 1 is 0.750 bits per heavy atom. The van der Waals surface area contributed by atoms with Gasteiger partial charge in [0.2, 0.25) is 0 Å². The largest absolute Gasteiger partial charge is 0.198 e. The second kappa shape index (κ2) is 8.75. The molecule has 0 aromatic carbocycles. The van der Waals surface area contributed by atoms with E-state index in [0.29, 0.717) is 19.3 Å². The van der Waals surface area contributed by atoms with Gasteiger partial charge in [0.1, 0.15) is 0 Å². The lowest BCUT2D eigenvalue weighted by atomic mass is 9.72. The summed E-state index contributed by atoms with van der Waals surface area (Å²) in [5.41, 5.74) is 0.0376. The molecule has 0 aromatic heterocycles. The molecule has 0 spiro atoms. The minimum Gasteiger partial charge on any atom is -0.198 e. The number of nitrogens with zero attached hydrogens (tertiary/aromatic N) is 3. The van der Waals surface area contributed by atoms with Crippen LogP contribution in [0.4, 0.5) is 0 Å². The third-order valence-corrected chi connectivity index (χ3v) is 3.08. The van der Waals surface area contributed by atoms with Gasteiger partial charge in [0.05, 0.1) is 18.2 Å². The van der Waals surface area contributed by atoms with Crippen LogP contribution < -0.4 is 0 Å². The van der Waals surface area contributed by atoms with Crippen molar-refractivity contribution in [2.45, 2.75) is 58.3 Å². The van der Waals surface area contributed by atoms with Gasteiger partial charge in [0, 0.05) is 19.3 Å². The van der Waals surface area contributed by atoms with Crippen molar-refractivity contribution in [3.05, 3.63) is 0 Å². The topological polar surface area (TPSA) is 71.4 Å². The molecule has 0 aromatic rings. The predicted molar refractivity (Wildman–Crippen MR) is 61.9 cm³/mol. The van der Waals surface area contributed by atoms with Crippen LogP contribution in [-0.4, -0.2) is 0 Å². The maximum absolute atomic E-state index is 8.67. The summed E-state index contributed by atoms with van der Waals surface area (Å²) in [5, 5.41) is 26.0. The van der Waals surface area contributed by atoms with Crippen LogP contribution in [0, 0.1) is 39.4 Å². The summed E-state index contributed by atoms with van der Waals surface area (Å²) in [7, 11) is 0. The van der Waals surface area contributed by atoms with E-state index >= 15 is 0 Å². The molecule has 0 aliphatic heterocycles. The fourth-order valence-corrected chi connectivity index (χ4v) is 2.24. The van der Waals surface area contributed by atoms with Crippen LogP contribution in [0.15, 0.2) is 0 Å². The van der Waals surface area contributed by atoms with Crippen molar-refractivity contribution in [3.8, 4) is 18.2 Å². The van der Waals surface area contributed by atoms with Gasteiger partial charge in [-0.1, -0.05) is 13.3 Å². The third kappa shape index (κ3) is 5.38. The Morgan fingerprint density at radius 3 is 1.38 bits per heavy atom. The molecule has 86 valence electrons. The zero-order valence-electron chi connectivity index (χ0n) is 10.00. The smallest absolute Gasteiger partial charge is 0.0621 e. The van der Waals surface area contributed by atoms with Crippen LogP contribution in [0.2, 0.25) is 0 Å². The van der Waals surface area contributed by atoms with Gasteiger partial charge in [0.25, 0.3) is 0 Å². The van der Waals surface area contributed by atoms with Crippen LogP contribution >= 0.6 is 0 Å². The molecule has 0 saturated carbocycles. The predicted octanol–water partition coefficient (Wildman–Crippen LogP) is 3.68. The van der Waals surface area contributed by atoms with E-state index in [1.807, 2.05) is 0 Å². The first kappa shape index (κ1) is 14.5. The quantitative estimate of drug-likeness (QED) is 0.622. The lowest BCUT2D eigenvalue weighted by molar-refractivity contribution is 0.204. The van der Waals surface area contributed by atoms with E-state index in [1.165, 1.54) is 0 Å². The lowest BCUT2D eigenvalue weighted by Crippen LogP contribution is -2.20. The SMILES string of the molecule is CCCC(CCC#N)(CCC#N)CCC#N. The molecule has 0 fully saturated rings. The fourth-order valence-electron chi connectivity index (χ4n) is 2.24. The fraction of sp³-hybridized carbons (Fsp3) is 0.769. The molecule has 0 rings (SSSR count). The Bertz CT molecular complexity index is 255. The third-order valence-electron chi connectivity index (χ3n) is 3.08. The van der Waals surface area contributed by atoms with Crippen LogP contribution in [0.5, 0.6) is 0 Å². The molecule has 16 heavy (non-hydrogen) atoms. The summed E-state index contributed by atoms with van der Waals surface area (Å²) < 4.78 is 0. The summed E-state index contributed by atoms with van der Waals surface area (Å²) in [6.45, 7) is 2.11. The second-order valence-electron chi connectivity index (χ2n) is 4.22. The van der Waals surface area contributed by atoms with Crippen molar-refractivity contribution >= 4 is 0 Å². The van der Waals surface area contributed by atoms with E-state index in [-0.39, 0.29) is 5.41 Å². The molecule has 0 N–H and O–H groups in total. The highest BCUT2D eigenvalue weighted by molar-refractivity contribution is 4.89. The van der Waals surface area contributed by atoms with Gasteiger partial charge < -0.3 is 0 Å². The highest BCUT2D eigenvalue weighted by atomic mass is 14.3. The first-order valence-electron chi connectivity index (χ1n) is 5.85. The molecule has 0 atom stereocenters. The number of nitriles is 3. The number of rotatable bonds is 8. The summed E-state index contributed by atoms with van der Waals surface area (Å²) in [5.74, 6) is 0. The van der Waals surface area contributed by atoms with E-state index in [9.17, 15) is 0 Å². The van der Waals surface area contributed by atoms with E-state index in [4.69, 9.17) is 15.8 Å². The summed E-state index contributed by atoms with van der Waals surface area (Å²) in [6, 6.07) is 6.51. The Morgan fingerprint density at radius 2 is 1.12 bits per heavy atom. The van der Waals surface area contributed by atoms with Crippen molar-refractivity contribution in [1.82, 2.24) is 0 Å². The Balaban J connectivity index is 4.54. The normalized spacial score (nSPS) is 10.1. The molecular weight excluding hydrogens is 198 g/mol. The first-order valence-corrected chi connectivity index (χ1v) is 5.85. The van der Waals surface area contributed by atoms with Crippen molar-refractivity contribution < 1.29 is 0 Å². The van der Waals surface area contributed by atoms with Crippen LogP contribution in [0.25, 0.3) is 0 Å². The van der Waals surface area contributed by atoms with Gasteiger partial charge in [-0.05, 0) is 31.1 Å². The van der Waals surface area contributed by atoms with Crippen LogP contribution in [-0.2, 0) is 0 Å². The standard InChI is InChI=1S/C13H19N3/c1-2-6-13(7-3-10-14,8-4-11-15)9-5-12-16/h2-9H2,1H3. The number of hydrogen-bond acceptors (Lipinski definition) is 3. The van der Waals surface area contributed by atoms with E-state index < -0.39 is 0 Å².